The number of nitrogens with one attached hydrogen (secondary N) is 1. The van der Waals surface area contributed by atoms with E-state index in [9.17, 15) is 4.79 Å². The number of nitrogens with two attached hydrogens (primary N) is 1. The fourth-order valence-corrected chi connectivity index (χ4v) is 3.11. The summed E-state index contributed by atoms with van der Waals surface area (Å²) in [4.78, 5) is 11.2. The fraction of sp³-hybridized carbons (Fsp3) is 0.0625. The van der Waals surface area contributed by atoms with Crippen molar-refractivity contribution in [1.29, 1.82) is 0 Å². The minimum Gasteiger partial charge on any atom is -0.381 e. The highest BCUT2D eigenvalue weighted by Crippen LogP contribution is 2.26. The molecule has 1 heterocycles. The summed E-state index contributed by atoms with van der Waals surface area (Å²) in [6.45, 7) is 0.728. The van der Waals surface area contributed by atoms with Crippen LogP contribution in [-0.4, -0.2) is 5.91 Å². The van der Waals surface area contributed by atoms with Gasteiger partial charge in [-0.1, -0.05) is 24.3 Å². The van der Waals surface area contributed by atoms with Gasteiger partial charge in [0.05, 0.1) is 0 Å². The molecule has 0 fully saturated rings. The summed E-state index contributed by atoms with van der Waals surface area (Å²) in [6.07, 6.45) is 0. The maximum absolute atomic E-state index is 11.2. The van der Waals surface area contributed by atoms with Gasteiger partial charge in [-0.05, 0) is 40.6 Å². The predicted octanol–water partition coefficient (Wildman–Crippen LogP) is 3.61. The number of primary amides is 1. The van der Waals surface area contributed by atoms with Crippen LogP contribution in [0.25, 0.3) is 10.1 Å². The van der Waals surface area contributed by atoms with Crippen molar-refractivity contribution in [3.63, 3.8) is 0 Å². The van der Waals surface area contributed by atoms with Crippen LogP contribution in [0.3, 0.4) is 0 Å². The third-order valence-corrected chi connectivity index (χ3v) is 4.20. The van der Waals surface area contributed by atoms with Gasteiger partial charge in [-0.3, -0.25) is 4.79 Å². The molecule has 3 nitrogen and oxygen atoms in total. The highest BCUT2D eigenvalue weighted by Gasteiger charge is 2.04. The highest BCUT2D eigenvalue weighted by molar-refractivity contribution is 7.17. The van der Waals surface area contributed by atoms with E-state index < -0.39 is 5.91 Å². The molecule has 0 bridgehead atoms. The van der Waals surface area contributed by atoms with Gasteiger partial charge in [-0.25, -0.2) is 0 Å². The van der Waals surface area contributed by atoms with Crippen molar-refractivity contribution in [2.24, 2.45) is 5.73 Å². The Bertz CT molecular complexity index is 764. The second kappa shape index (κ2) is 5.35. The van der Waals surface area contributed by atoms with Crippen LogP contribution in [0.4, 0.5) is 5.69 Å². The molecule has 20 heavy (non-hydrogen) atoms. The minimum absolute atomic E-state index is 0.408. The minimum atomic E-state index is -0.408. The molecule has 0 unspecified atom stereocenters. The van der Waals surface area contributed by atoms with Crippen LogP contribution in [0.1, 0.15) is 15.9 Å². The predicted molar refractivity (Wildman–Crippen MR) is 84.1 cm³/mol. The fourth-order valence-electron chi connectivity index (χ4n) is 2.15. The van der Waals surface area contributed by atoms with Crippen LogP contribution < -0.4 is 11.1 Å². The van der Waals surface area contributed by atoms with Gasteiger partial charge in [0.2, 0.25) is 5.91 Å². The highest BCUT2D eigenvalue weighted by atomic mass is 32.1. The summed E-state index contributed by atoms with van der Waals surface area (Å²) >= 11 is 1.74. The quantitative estimate of drug-likeness (QED) is 0.768. The van der Waals surface area contributed by atoms with E-state index in [1.807, 2.05) is 24.3 Å². The second-order valence-corrected chi connectivity index (χ2v) is 5.47. The molecule has 0 aliphatic carbocycles. The van der Waals surface area contributed by atoms with Crippen LogP contribution in [0.15, 0.2) is 53.9 Å². The number of carbonyl (C=O) groups excluding carboxylic acids is 1. The van der Waals surface area contributed by atoms with Crippen molar-refractivity contribution in [3.05, 3.63) is 65.0 Å². The normalized spacial score (nSPS) is 10.6. The maximum Gasteiger partial charge on any atom is 0.248 e. The van der Waals surface area contributed by atoms with Gasteiger partial charge in [0.15, 0.2) is 0 Å². The molecule has 3 N–H and O–H groups in total. The molecule has 0 radical (unpaired) electrons. The molecule has 100 valence electrons. The van der Waals surface area contributed by atoms with Crippen LogP contribution in [0.2, 0.25) is 0 Å². The van der Waals surface area contributed by atoms with E-state index in [1.165, 1.54) is 15.6 Å². The van der Waals surface area contributed by atoms with E-state index in [-0.39, 0.29) is 0 Å². The standard InChI is InChI=1S/C16H14N2OS/c17-16(19)11-4-3-5-13(8-11)18-9-12-10-20-15-7-2-1-6-14(12)15/h1-8,10,18H,9H2,(H2,17,19). The Morgan fingerprint density at radius 2 is 2.00 bits per heavy atom. The van der Waals surface area contributed by atoms with E-state index in [0.29, 0.717) is 5.56 Å². The summed E-state index contributed by atoms with van der Waals surface area (Å²) in [5.41, 5.74) is 7.96. The molecular formula is C16H14N2OS. The molecule has 2 aromatic carbocycles. The molecule has 0 aliphatic rings. The topological polar surface area (TPSA) is 55.1 Å². The second-order valence-electron chi connectivity index (χ2n) is 4.56. The van der Waals surface area contributed by atoms with E-state index in [2.05, 4.69) is 22.8 Å². The van der Waals surface area contributed by atoms with Crippen LogP contribution in [-0.2, 0) is 6.54 Å². The van der Waals surface area contributed by atoms with E-state index in [1.54, 1.807) is 23.5 Å². The number of thiophene rings is 1. The monoisotopic (exact) mass is 282 g/mol. The molecule has 3 rings (SSSR count). The van der Waals surface area contributed by atoms with E-state index in [0.717, 1.165) is 12.2 Å². The lowest BCUT2D eigenvalue weighted by molar-refractivity contribution is 0.100. The average molecular weight is 282 g/mol. The van der Waals surface area contributed by atoms with E-state index in [4.69, 9.17) is 5.73 Å². The lowest BCUT2D eigenvalue weighted by atomic mass is 10.1. The lowest BCUT2D eigenvalue weighted by Gasteiger charge is -2.07. The first kappa shape index (κ1) is 12.7. The molecule has 0 atom stereocenters. The molecule has 4 heteroatoms. The summed E-state index contributed by atoms with van der Waals surface area (Å²) in [5.74, 6) is -0.408. The molecule has 0 aliphatic heterocycles. The molecule has 1 amide bonds. The Balaban J connectivity index is 1.79. The van der Waals surface area contributed by atoms with Gasteiger partial charge in [0.1, 0.15) is 0 Å². The summed E-state index contributed by atoms with van der Waals surface area (Å²) in [5, 5.41) is 6.77. The SMILES string of the molecule is NC(=O)c1cccc(NCc2csc3ccccc23)c1. The van der Waals surface area contributed by atoms with Gasteiger partial charge in [-0.2, -0.15) is 0 Å². The van der Waals surface area contributed by atoms with Gasteiger partial charge in [-0.15, -0.1) is 11.3 Å². The summed E-state index contributed by atoms with van der Waals surface area (Å²) < 4.78 is 1.29. The number of fused-ring (bicyclic) bond motifs is 1. The number of anilines is 1. The Morgan fingerprint density at radius 1 is 1.15 bits per heavy atom. The zero-order valence-corrected chi connectivity index (χ0v) is 11.6. The van der Waals surface area contributed by atoms with Crippen molar-refractivity contribution in [2.75, 3.05) is 5.32 Å². The zero-order chi connectivity index (χ0) is 13.9. The third-order valence-electron chi connectivity index (χ3n) is 3.19. The largest absolute Gasteiger partial charge is 0.381 e. The average Bonchev–Trinajstić information content (AvgIpc) is 2.89. The third kappa shape index (κ3) is 2.51. The van der Waals surface area contributed by atoms with Gasteiger partial charge in [0, 0.05) is 22.5 Å². The Morgan fingerprint density at radius 3 is 2.85 bits per heavy atom. The van der Waals surface area contributed by atoms with E-state index >= 15 is 0 Å². The number of hydrogen-bond donors (Lipinski definition) is 2. The Labute approximate surface area is 121 Å². The van der Waals surface area contributed by atoms with Gasteiger partial charge >= 0.3 is 0 Å². The van der Waals surface area contributed by atoms with Crippen molar-refractivity contribution in [3.8, 4) is 0 Å². The van der Waals surface area contributed by atoms with Gasteiger partial charge < -0.3 is 11.1 Å². The van der Waals surface area contributed by atoms with Crippen LogP contribution in [0, 0.1) is 0 Å². The number of rotatable bonds is 4. The lowest BCUT2D eigenvalue weighted by Crippen LogP contribution is -2.11. The molecule has 0 saturated carbocycles. The number of benzene rings is 2. The molecular weight excluding hydrogens is 268 g/mol. The van der Waals surface area contributed by atoms with Crippen molar-refractivity contribution in [2.45, 2.75) is 6.54 Å². The van der Waals surface area contributed by atoms with Crippen LogP contribution >= 0.6 is 11.3 Å². The first-order valence-corrected chi connectivity index (χ1v) is 7.21. The first-order valence-electron chi connectivity index (χ1n) is 6.33. The van der Waals surface area contributed by atoms with Crippen molar-refractivity contribution < 1.29 is 4.79 Å². The summed E-state index contributed by atoms with van der Waals surface area (Å²) in [7, 11) is 0. The number of hydrogen-bond acceptors (Lipinski definition) is 3. The number of carbonyl (C=O) groups is 1. The number of amides is 1. The molecule has 0 spiro atoms. The zero-order valence-electron chi connectivity index (χ0n) is 10.8. The molecule has 3 aromatic rings. The van der Waals surface area contributed by atoms with Crippen molar-refractivity contribution in [1.82, 2.24) is 0 Å². The Hall–Kier alpha value is -2.33. The molecule has 1 aromatic heterocycles. The summed E-state index contributed by atoms with van der Waals surface area (Å²) in [6, 6.07) is 15.6. The first-order chi connectivity index (χ1) is 9.74. The smallest absolute Gasteiger partial charge is 0.248 e. The van der Waals surface area contributed by atoms with Crippen LogP contribution in [0.5, 0.6) is 0 Å². The Kier molecular flexibility index (Phi) is 3.39. The maximum atomic E-state index is 11.2. The van der Waals surface area contributed by atoms with Crippen molar-refractivity contribution >= 4 is 33.0 Å². The van der Waals surface area contributed by atoms with Gasteiger partial charge in [0.25, 0.3) is 0 Å². The molecule has 0 saturated heterocycles.